The molecule has 0 fully saturated rings. The molecule has 0 bridgehead atoms. The Morgan fingerprint density at radius 3 is 2.88 bits per heavy atom. The van der Waals surface area contributed by atoms with Gasteiger partial charge in [0.05, 0.1) is 4.88 Å². The van der Waals surface area contributed by atoms with E-state index in [0.29, 0.717) is 9.90 Å². The van der Waals surface area contributed by atoms with Crippen molar-refractivity contribution in [3.05, 3.63) is 34.2 Å². The predicted octanol–water partition coefficient (Wildman–Crippen LogP) is 2.99. The quantitative estimate of drug-likeness (QED) is 0.688. The van der Waals surface area contributed by atoms with Gasteiger partial charge in [0.25, 0.3) is 0 Å². The molecule has 1 heterocycles. The van der Waals surface area contributed by atoms with Crippen molar-refractivity contribution in [2.24, 2.45) is 5.16 Å². The van der Waals surface area contributed by atoms with Gasteiger partial charge in [-0.3, -0.25) is 0 Å². The largest absolute Gasteiger partial charge is 0.476 e. The van der Waals surface area contributed by atoms with Gasteiger partial charge in [0, 0.05) is 9.72 Å². The number of hydrogen-bond donors (Lipinski definition) is 1. The summed E-state index contributed by atoms with van der Waals surface area (Å²) in [6.45, 7) is 0. The van der Waals surface area contributed by atoms with Gasteiger partial charge in [-0.25, -0.2) is 4.79 Å². The zero-order valence-electron chi connectivity index (χ0n) is 8.81. The first-order valence-electron chi connectivity index (χ1n) is 4.65. The first kappa shape index (κ1) is 11.9. The molecule has 0 atom stereocenters. The molecule has 0 saturated carbocycles. The van der Waals surface area contributed by atoms with Crippen LogP contribution in [0.25, 0.3) is 10.1 Å². The number of benzene rings is 1. The number of thiophene rings is 1. The lowest BCUT2D eigenvalue weighted by molar-refractivity contribution is -0.129. The predicted molar refractivity (Wildman–Crippen MR) is 68.0 cm³/mol. The Morgan fingerprint density at radius 1 is 1.47 bits per heavy atom. The molecule has 0 radical (unpaired) electrons. The number of hydrogen-bond acceptors (Lipinski definition) is 4. The van der Waals surface area contributed by atoms with Gasteiger partial charge in [-0.2, -0.15) is 0 Å². The highest BCUT2D eigenvalue weighted by Crippen LogP contribution is 2.28. The van der Waals surface area contributed by atoms with E-state index in [0.717, 1.165) is 10.1 Å². The van der Waals surface area contributed by atoms with E-state index < -0.39 is 5.97 Å². The third-order valence-corrected chi connectivity index (χ3v) is 3.45. The number of oxime groups is 1. The molecule has 0 aliphatic rings. The molecule has 88 valence electrons. The van der Waals surface area contributed by atoms with E-state index in [9.17, 15) is 4.79 Å². The van der Waals surface area contributed by atoms with Crippen molar-refractivity contribution in [2.45, 2.75) is 0 Å². The summed E-state index contributed by atoms with van der Waals surface area (Å²) in [4.78, 5) is 16.1. The summed E-state index contributed by atoms with van der Waals surface area (Å²) in [6.07, 6.45) is 0. The van der Waals surface area contributed by atoms with Crippen LogP contribution in [0.3, 0.4) is 0 Å². The van der Waals surface area contributed by atoms with Gasteiger partial charge in [0.2, 0.25) is 5.71 Å². The van der Waals surface area contributed by atoms with Gasteiger partial charge >= 0.3 is 5.97 Å². The summed E-state index contributed by atoms with van der Waals surface area (Å²) < 4.78 is 0.953. The van der Waals surface area contributed by atoms with Crippen LogP contribution in [0.1, 0.15) is 4.88 Å². The molecule has 1 aromatic heterocycles. The third kappa shape index (κ3) is 2.40. The van der Waals surface area contributed by atoms with E-state index in [1.54, 1.807) is 18.2 Å². The minimum absolute atomic E-state index is 0.107. The minimum atomic E-state index is -1.12. The van der Waals surface area contributed by atoms with Crippen LogP contribution in [0, 0.1) is 0 Å². The summed E-state index contributed by atoms with van der Waals surface area (Å²) >= 11 is 7.20. The Morgan fingerprint density at radius 2 is 2.24 bits per heavy atom. The van der Waals surface area contributed by atoms with Crippen LogP contribution in [0.15, 0.2) is 29.4 Å². The van der Waals surface area contributed by atoms with Gasteiger partial charge in [0.1, 0.15) is 7.11 Å². The fourth-order valence-corrected chi connectivity index (χ4v) is 2.61. The topological polar surface area (TPSA) is 58.9 Å². The molecule has 0 amide bonds. The van der Waals surface area contributed by atoms with Gasteiger partial charge in [-0.1, -0.05) is 16.8 Å². The Labute approximate surface area is 106 Å². The summed E-state index contributed by atoms with van der Waals surface area (Å²) in [5, 5.41) is 14.0. The maximum Gasteiger partial charge on any atom is 0.359 e. The minimum Gasteiger partial charge on any atom is -0.476 e. The van der Waals surface area contributed by atoms with Crippen LogP contribution in [-0.4, -0.2) is 23.9 Å². The van der Waals surface area contributed by atoms with E-state index in [1.807, 2.05) is 6.07 Å². The molecule has 1 aromatic carbocycles. The second-order valence-corrected chi connectivity index (χ2v) is 4.74. The number of nitrogens with zero attached hydrogens (tertiary/aromatic N) is 1. The molecule has 2 rings (SSSR count). The van der Waals surface area contributed by atoms with Crippen LogP contribution in [-0.2, 0) is 9.63 Å². The smallest absolute Gasteiger partial charge is 0.359 e. The van der Waals surface area contributed by atoms with Crippen LogP contribution < -0.4 is 0 Å². The second-order valence-electron chi connectivity index (χ2n) is 3.22. The van der Waals surface area contributed by atoms with Gasteiger partial charge < -0.3 is 9.94 Å². The second kappa shape index (κ2) is 4.73. The highest BCUT2D eigenvalue weighted by Gasteiger charge is 2.16. The average Bonchev–Trinajstić information content (AvgIpc) is 2.67. The molecular weight excluding hydrogens is 262 g/mol. The Hall–Kier alpha value is -1.59. The first-order valence-corrected chi connectivity index (χ1v) is 5.85. The van der Waals surface area contributed by atoms with Crippen molar-refractivity contribution in [3.8, 4) is 0 Å². The van der Waals surface area contributed by atoms with E-state index in [4.69, 9.17) is 16.7 Å². The molecule has 0 spiro atoms. The Bertz CT molecular complexity index is 606. The van der Waals surface area contributed by atoms with Gasteiger partial charge in [-0.15, -0.1) is 11.3 Å². The summed E-state index contributed by atoms with van der Waals surface area (Å²) in [5.74, 6) is -1.12. The zero-order valence-corrected chi connectivity index (χ0v) is 10.4. The molecule has 0 aliphatic heterocycles. The summed E-state index contributed by atoms with van der Waals surface area (Å²) in [7, 11) is 1.31. The lowest BCUT2D eigenvalue weighted by Gasteiger charge is -1.94. The monoisotopic (exact) mass is 269 g/mol. The van der Waals surface area contributed by atoms with Crippen LogP contribution >= 0.6 is 22.9 Å². The number of carboxylic acids is 1. The lowest BCUT2D eigenvalue weighted by Crippen LogP contribution is -2.13. The number of halogens is 1. The highest BCUT2D eigenvalue weighted by atomic mass is 35.5. The number of aliphatic carboxylic acids is 1. The summed E-state index contributed by atoms with van der Waals surface area (Å²) in [5.41, 5.74) is -0.107. The molecule has 6 heteroatoms. The Kier molecular flexibility index (Phi) is 3.31. The number of fused-ring (bicyclic) bond motifs is 1. The van der Waals surface area contributed by atoms with E-state index in [1.165, 1.54) is 18.4 Å². The summed E-state index contributed by atoms with van der Waals surface area (Å²) in [6, 6.07) is 7.12. The zero-order chi connectivity index (χ0) is 12.4. The molecule has 1 N–H and O–H groups in total. The average molecular weight is 270 g/mol. The molecule has 4 nitrogen and oxygen atoms in total. The molecule has 0 unspecified atom stereocenters. The molecule has 0 saturated heterocycles. The number of rotatable bonds is 3. The highest BCUT2D eigenvalue weighted by molar-refractivity contribution is 7.21. The normalized spacial score (nSPS) is 11.8. The molecule has 17 heavy (non-hydrogen) atoms. The molecule has 2 aromatic rings. The maximum absolute atomic E-state index is 11.0. The number of carbonyl (C=O) groups is 1. The van der Waals surface area contributed by atoms with Crippen molar-refractivity contribution in [1.29, 1.82) is 0 Å². The van der Waals surface area contributed by atoms with E-state index >= 15 is 0 Å². The van der Waals surface area contributed by atoms with Crippen LogP contribution in [0.5, 0.6) is 0 Å². The van der Waals surface area contributed by atoms with Crippen LogP contribution in [0.2, 0.25) is 5.02 Å². The van der Waals surface area contributed by atoms with E-state index in [-0.39, 0.29) is 5.71 Å². The van der Waals surface area contributed by atoms with Crippen molar-refractivity contribution in [2.75, 3.05) is 7.11 Å². The lowest BCUT2D eigenvalue weighted by atomic mass is 10.2. The maximum atomic E-state index is 11.0. The molecule has 0 aliphatic carbocycles. The molecular formula is C11H8ClNO3S. The number of carboxylic acid groups (broad SMARTS) is 1. The van der Waals surface area contributed by atoms with Gasteiger partial charge in [-0.05, 0) is 29.7 Å². The van der Waals surface area contributed by atoms with Gasteiger partial charge in [0.15, 0.2) is 0 Å². The van der Waals surface area contributed by atoms with E-state index in [2.05, 4.69) is 9.99 Å². The van der Waals surface area contributed by atoms with Crippen molar-refractivity contribution >= 4 is 44.7 Å². The first-order chi connectivity index (χ1) is 8.11. The fourth-order valence-electron chi connectivity index (χ4n) is 1.41. The van der Waals surface area contributed by atoms with Crippen molar-refractivity contribution in [3.63, 3.8) is 0 Å². The SMILES string of the molecule is CON=C(C(=O)O)c1cc2cc(Cl)ccc2s1. The third-order valence-electron chi connectivity index (χ3n) is 2.10. The standard InChI is InChI=1S/C11H8ClNO3S/c1-16-13-10(11(14)15)9-5-6-4-7(12)2-3-8(6)17-9/h2-5H,1H3,(H,14,15). The fraction of sp³-hybridized carbons (Fsp3) is 0.0909. The Balaban J connectivity index is 2.55. The van der Waals surface area contributed by atoms with Crippen LogP contribution in [0.4, 0.5) is 0 Å². The van der Waals surface area contributed by atoms with Crippen molar-refractivity contribution in [1.82, 2.24) is 0 Å². The van der Waals surface area contributed by atoms with Crippen molar-refractivity contribution < 1.29 is 14.7 Å².